The molecule has 1 heterocycles. The van der Waals surface area contributed by atoms with E-state index in [1.807, 2.05) is 35.2 Å². The van der Waals surface area contributed by atoms with Gasteiger partial charge in [0.2, 0.25) is 5.91 Å². The normalized spacial score (nSPS) is 11.3. The van der Waals surface area contributed by atoms with Crippen molar-refractivity contribution < 1.29 is 9.69 Å². The molecule has 1 aromatic heterocycles. The molecule has 3 rings (SSSR count). The number of rotatable bonds is 8. The van der Waals surface area contributed by atoms with Gasteiger partial charge in [-0.1, -0.05) is 54.7 Å². The predicted octanol–water partition coefficient (Wildman–Crippen LogP) is 2.97. The smallest absolute Gasteiger partial charge is 0.233 e. The van der Waals surface area contributed by atoms with Gasteiger partial charge in [-0.15, -0.1) is 0 Å². The number of benzene rings is 2. The van der Waals surface area contributed by atoms with Crippen LogP contribution >= 0.6 is 11.3 Å². The molecule has 1 amide bonds. The van der Waals surface area contributed by atoms with Gasteiger partial charge in [0.1, 0.15) is 0 Å². The third kappa shape index (κ3) is 5.15. The summed E-state index contributed by atoms with van der Waals surface area (Å²) in [7, 11) is 4.28. The molecule has 0 aliphatic heterocycles. The Bertz CT molecular complexity index is 889. The van der Waals surface area contributed by atoms with Crippen LogP contribution in [0.1, 0.15) is 24.5 Å². The number of quaternary nitrogens is 1. The highest BCUT2D eigenvalue weighted by atomic mass is 32.1. The molecule has 2 aromatic carbocycles. The molecule has 0 spiro atoms. The van der Waals surface area contributed by atoms with Gasteiger partial charge in [-0.2, -0.15) is 0 Å². The Morgan fingerprint density at radius 3 is 2.59 bits per heavy atom. The second-order valence-corrected chi connectivity index (χ2v) is 8.18. The highest BCUT2D eigenvalue weighted by Crippen LogP contribution is 2.30. The van der Waals surface area contributed by atoms with Gasteiger partial charge in [-0.3, -0.25) is 9.69 Å². The fourth-order valence-corrected chi connectivity index (χ4v) is 4.15. The maximum Gasteiger partial charge on any atom is 0.233 e. The number of fused-ring (bicyclic) bond motifs is 1. The van der Waals surface area contributed by atoms with Crippen LogP contribution in [0.15, 0.2) is 48.5 Å². The molecule has 142 valence electrons. The van der Waals surface area contributed by atoms with Crippen molar-refractivity contribution in [3.8, 4) is 0 Å². The van der Waals surface area contributed by atoms with Crippen LogP contribution in [0, 0.1) is 0 Å². The van der Waals surface area contributed by atoms with Crippen LogP contribution in [0.3, 0.4) is 0 Å². The summed E-state index contributed by atoms with van der Waals surface area (Å²) in [6.07, 6.45) is 2.37. The first-order chi connectivity index (χ1) is 13.1. The Kier molecular flexibility index (Phi) is 6.58. The average molecular weight is 383 g/mol. The molecule has 0 saturated carbocycles. The van der Waals surface area contributed by atoms with Gasteiger partial charge in [-0.05, 0) is 29.7 Å². The first kappa shape index (κ1) is 19.5. The third-order valence-corrected chi connectivity index (χ3v) is 5.68. The molecule has 0 fully saturated rings. The molecule has 1 N–H and O–H groups in total. The number of carbonyl (C=O) groups excluding carboxylic acids is 1. The second-order valence-electron chi connectivity index (χ2n) is 7.17. The molecule has 0 saturated heterocycles. The highest BCUT2D eigenvalue weighted by Gasteiger charge is 2.20. The first-order valence-corrected chi connectivity index (χ1v) is 10.4. The molecule has 5 heteroatoms. The number of hydrogen-bond acceptors (Lipinski definition) is 3. The standard InChI is InChI=1S/C22H27N3OS/c1-4-17-11-12-19-20(15-17)27-22(23-19)25(14-8-13-24(2)3)21(26)16-18-9-6-5-7-10-18/h5-7,9-12,15H,4,8,13-14,16H2,1-3H3/p+1. The van der Waals surface area contributed by atoms with Crippen LogP contribution in [0.5, 0.6) is 0 Å². The van der Waals surface area contributed by atoms with Crippen LogP contribution in [-0.4, -0.2) is 38.1 Å². The van der Waals surface area contributed by atoms with Crippen molar-refractivity contribution in [2.24, 2.45) is 0 Å². The topological polar surface area (TPSA) is 37.6 Å². The van der Waals surface area contributed by atoms with E-state index in [2.05, 4.69) is 39.2 Å². The quantitative estimate of drug-likeness (QED) is 0.650. The Hall–Kier alpha value is -2.24. The SMILES string of the molecule is CCc1ccc2nc(N(CCC[NH+](C)C)C(=O)Cc3ccccc3)sc2c1. The zero-order valence-corrected chi connectivity index (χ0v) is 17.2. The lowest BCUT2D eigenvalue weighted by molar-refractivity contribution is -0.858. The number of thiazole rings is 1. The minimum Gasteiger partial charge on any atom is -0.340 e. The molecule has 0 aliphatic rings. The van der Waals surface area contributed by atoms with Gasteiger partial charge in [0, 0.05) is 13.0 Å². The molecule has 0 aliphatic carbocycles. The van der Waals surface area contributed by atoms with E-state index >= 15 is 0 Å². The zero-order valence-electron chi connectivity index (χ0n) is 16.4. The van der Waals surface area contributed by atoms with E-state index in [0.717, 1.165) is 40.3 Å². The number of anilines is 1. The summed E-state index contributed by atoms with van der Waals surface area (Å²) in [5, 5.41) is 0.813. The molecule has 0 unspecified atom stereocenters. The van der Waals surface area contributed by atoms with Crippen LogP contribution in [0.2, 0.25) is 0 Å². The largest absolute Gasteiger partial charge is 0.340 e. The van der Waals surface area contributed by atoms with Crippen LogP contribution in [-0.2, 0) is 17.6 Å². The van der Waals surface area contributed by atoms with E-state index in [-0.39, 0.29) is 5.91 Å². The maximum atomic E-state index is 13.1. The number of nitrogens with one attached hydrogen (secondary N) is 1. The van der Waals surface area contributed by atoms with Gasteiger partial charge >= 0.3 is 0 Å². The van der Waals surface area contributed by atoms with E-state index in [1.165, 1.54) is 10.5 Å². The molecular weight excluding hydrogens is 354 g/mol. The van der Waals surface area contributed by atoms with E-state index in [4.69, 9.17) is 4.98 Å². The third-order valence-electron chi connectivity index (χ3n) is 4.64. The van der Waals surface area contributed by atoms with Gasteiger partial charge in [0.05, 0.1) is 37.3 Å². The van der Waals surface area contributed by atoms with Crippen molar-refractivity contribution in [3.63, 3.8) is 0 Å². The summed E-state index contributed by atoms with van der Waals surface area (Å²) in [4.78, 5) is 21.1. The van der Waals surface area contributed by atoms with Crippen LogP contribution in [0.25, 0.3) is 10.2 Å². The molecule has 0 radical (unpaired) electrons. The summed E-state index contributed by atoms with van der Waals surface area (Å²) < 4.78 is 1.15. The van der Waals surface area contributed by atoms with Crippen molar-refractivity contribution in [2.75, 3.05) is 32.1 Å². The summed E-state index contributed by atoms with van der Waals surface area (Å²) in [5.74, 6) is 0.115. The van der Waals surface area contributed by atoms with Gasteiger partial charge in [0.25, 0.3) is 0 Å². The lowest BCUT2D eigenvalue weighted by Gasteiger charge is -2.20. The first-order valence-electron chi connectivity index (χ1n) is 9.59. The highest BCUT2D eigenvalue weighted by molar-refractivity contribution is 7.22. The van der Waals surface area contributed by atoms with Crippen LogP contribution in [0.4, 0.5) is 5.13 Å². The molecule has 3 aromatic rings. The van der Waals surface area contributed by atoms with Crippen molar-refractivity contribution in [1.82, 2.24) is 4.98 Å². The second kappa shape index (κ2) is 9.11. The minimum absolute atomic E-state index is 0.115. The summed E-state index contributed by atoms with van der Waals surface area (Å²) in [5.41, 5.74) is 3.32. The van der Waals surface area contributed by atoms with Crippen molar-refractivity contribution in [1.29, 1.82) is 0 Å². The van der Waals surface area contributed by atoms with Gasteiger partial charge < -0.3 is 4.90 Å². The summed E-state index contributed by atoms with van der Waals surface area (Å²) in [6.45, 7) is 3.89. The molecule has 27 heavy (non-hydrogen) atoms. The molecule has 0 bridgehead atoms. The Morgan fingerprint density at radius 1 is 1.11 bits per heavy atom. The number of aryl methyl sites for hydroxylation is 1. The Balaban J connectivity index is 1.85. The van der Waals surface area contributed by atoms with E-state index in [1.54, 1.807) is 11.3 Å². The monoisotopic (exact) mass is 382 g/mol. The van der Waals surface area contributed by atoms with Gasteiger partial charge in [0.15, 0.2) is 5.13 Å². The Labute approximate surface area is 165 Å². The average Bonchev–Trinajstić information content (AvgIpc) is 3.08. The molecular formula is C22H28N3OS+. The van der Waals surface area contributed by atoms with Gasteiger partial charge in [-0.25, -0.2) is 4.98 Å². The predicted molar refractivity (Wildman–Crippen MR) is 114 cm³/mol. The van der Waals surface area contributed by atoms with E-state index < -0.39 is 0 Å². The number of aromatic nitrogens is 1. The Morgan fingerprint density at radius 2 is 1.89 bits per heavy atom. The number of nitrogens with zero attached hydrogens (tertiary/aromatic N) is 2. The summed E-state index contributed by atoms with van der Waals surface area (Å²) >= 11 is 1.62. The number of carbonyl (C=O) groups is 1. The van der Waals surface area contributed by atoms with Crippen molar-refractivity contribution >= 4 is 32.6 Å². The molecule has 4 nitrogen and oxygen atoms in total. The fourth-order valence-electron chi connectivity index (χ4n) is 3.08. The lowest BCUT2D eigenvalue weighted by atomic mass is 10.1. The lowest BCUT2D eigenvalue weighted by Crippen LogP contribution is -3.05. The van der Waals surface area contributed by atoms with Crippen LogP contribution < -0.4 is 9.80 Å². The summed E-state index contributed by atoms with van der Waals surface area (Å²) in [6, 6.07) is 16.3. The van der Waals surface area contributed by atoms with Crippen molar-refractivity contribution in [2.45, 2.75) is 26.2 Å². The fraction of sp³-hybridized carbons (Fsp3) is 0.364. The number of amides is 1. The molecule has 0 atom stereocenters. The maximum absolute atomic E-state index is 13.1. The van der Waals surface area contributed by atoms with E-state index in [9.17, 15) is 4.79 Å². The minimum atomic E-state index is 0.115. The van der Waals surface area contributed by atoms with Crippen molar-refractivity contribution in [3.05, 3.63) is 59.7 Å². The number of hydrogen-bond donors (Lipinski definition) is 1. The zero-order chi connectivity index (χ0) is 19.2. The van der Waals surface area contributed by atoms with E-state index in [0.29, 0.717) is 13.0 Å².